The Kier molecular flexibility index (Phi) is 5.22. The summed E-state index contributed by atoms with van der Waals surface area (Å²) < 4.78 is 80.8. The molecular weight excluding hydrogens is 298 g/mol. The predicted molar refractivity (Wildman–Crippen MR) is 52.5 cm³/mol. The van der Waals surface area contributed by atoms with Crippen LogP contribution >= 0.6 is 0 Å². The molecule has 0 spiro atoms. The lowest BCUT2D eigenvalue weighted by molar-refractivity contribution is -0.393. The van der Waals surface area contributed by atoms with Crippen molar-refractivity contribution in [3.63, 3.8) is 0 Å². The molecule has 0 heterocycles. The summed E-state index contributed by atoms with van der Waals surface area (Å²) in [6.45, 7) is 1.20. The highest BCUT2D eigenvalue weighted by Gasteiger charge is 2.75. The maximum absolute atomic E-state index is 13.6. The molecule has 0 bridgehead atoms. The van der Waals surface area contributed by atoms with Crippen molar-refractivity contribution in [2.24, 2.45) is 5.92 Å². The van der Waals surface area contributed by atoms with E-state index in [-0.39, 0.29) is 12.2 Å². The molecule has 1 unspecified atom stereocenters. The number of aliphatic carboxylic acids is 1. The fraction of sp³-hybridized carbons (Fsp3) is 0.600. The molecule has 0 saturated carbocycles. The first-order valence-corrected chi connectivity index (χ1v) is 5.03. The van der Waals surface area contributed by atoms with Gasteiger partial charge < -0.3 is 9.84 Å². The van der Waals surface area contributed by atoms with Gasteiger partial charge in [0.25, 0.3) is 0 Å². The fourth-order valence-corrected chi connectivity index (χ4v) is 0.998. The molecule has 0 aliphatic rings. The first-order chi connectivity index (χ1) is 8.75. The van der Waals surface area contributed by atoms with E-state index in [1.165, 1.54) is 0 Å². The average Bonchev–Trinajstić information content (AvgIpc) is 2.24. The van der Waals surface area contributed by atoms with Crippen LogP contribution in [0, 0.1) is 5.92 Å². The van der Waals surface area contributed by atoms with E-state index < -0.39 is 35.8 Å². The van der Waals surface area contributed by atoms with Crippen molar-refractivity contribution in [3.05, 3.63) is 12.2 Å². The van der Waals surface area contributed by atoms with Gasteiger partial charge >= 0.3 is 29.9 Å². The summed E-state index contributed by atoms with van der Waals surface area (Å²) in [6.07, 6.45) is -6.29. The van der Waals surface area contributed by atoms with E-state index in [4.69, 9.17) is 5.11 Å². The van der Waals surface area contributed by atoms with Gasteiger partial charge in [0.05, 0.1) is 0 Å². The standard InChI is InChI=1S/C10H10F6O4/c1-5(2)8(11,12)9(13,10(14,15)16)20-7(19)4-3-6(17)18/h3-5H,1-2H3,(H,17,18). The summed E-state index contributed by atoms with van der Waals surface area (Å²) in [5.74, 6) is -16.7. The maximum atomic E-state index is 13.6. The number of halogens is 6. The predicted octanol–water partition coefficient (Wildman–Crippen LogP) is 2.69. The van der Waals surface area contributed by atoms with Crippen LogP contribution in [0.25, 0.3) is 0 Å². The van der Waals surface area contributed by atoms with Gasteiger partial charge in [0.1, 0.15) is 0 Å². The van der Waals surface area contributed by atoms with Crippen molar-refractivity contribution in [1.82, 2.24) is 0 Å². The number of carbonyl (C=O) groups is 2. The van der Waals surface area contributed by atoms with Crippen molar-refractivity contribution in [2.45, 2.75) is 31.8 Å². The summed E-state index contributed by atoms with van der Waals surface area (Å²) in [6, 6.07) is 0. The number of esters is 1. The van der Waals surface area contributed by atoms with Crippen LogP contribution in [-0.4, -0.2) is 35.0 Å². The number of carbonyl (C=O) groups excluding carboxylic acids is 1. The number of hydrogen-bond donors (Lipinski definition) is 1. The van der Waals surface area contributed by atoms with Gasteiger partial charge in [-0.1, -0.05) is 13.8 Å². The zero-order valence-electron chi connectivity index (χ0n) is 10.2. The monoisotopic (exact) mass is 308 g/mol. The van der Waals surface area contributed by atoms with Gasteiger partial charge in [-0.2, -0.15) is 26.3 Å². The smallest absolute Gasteiger partial charge is 0.467 e. The summed E-state index contributed by atoms with van der Waals surface area (Å²) >= 11 is 0. The Bertz CT molecular complexity index is 414. The van der Waals surface area contributed by atoms with Crippen LogP contribution in [0.2, 0.25) is 0 Å². The van der Waals surface area contributed by atoms with E-state index in [2.05, 4.69) is 4.74 Å². The van der Waals surface area contributed by atoms with Crippen LogP contribution in [0.1, 0.15) is 13.8 Å². The lowest BCUT2D eigenvalue weighted by Gasteiger charge is -2.35. The van der Waals surface area contributed by atoms with Gasteiger partial charge in [0, 0.05) is 18.1 Å². The molecule has 10 heteroatoms. The average molecular weight is 308 g/mol. The molecule has 1 N–H and O–H groups in total. The molecule has 116 valence electrons. The first-order valence-electron chi connectivity index (χ1n) is 5.03. The Morgan fingerprint density at radius 1 is 1.05 bits per heavy atom. The van der Waals surface area contributed by atoms with E-state index in [0.29, 0.717) is 13.8 Å². The number of carboxylic acid groups (broad SMARTS) is 1. The summed E-state index contributed by atoms with van der Waals surface area (Å²) in [7, 11) is 0. The third kappa shape index (κ3) is 3.64. The van der Waals surface area contributed by atoms with E-state index >= 15 is 0 Å². The van der Waals surface area contributed by atoms with E-state index in [0.717, 1.165) is 0 Å². The largest absolute Gasteiger partial charge is 0.478 e. The molecular formula is C10H10F6O4. The number of rotatable bonds is 5. The van der Waals surface area contributed by atoms with Crippen LogP contribution in [0.5, 0.6) is 0 Å². The van der Waals surface area contributed by atoms with Crippen molar-refractivity contribution < 1.29 is 45.8 Å². The van der Waals surface area contributed by atoms with Crippen LogP contribution in [0.3, 0.4) is 0 Å². The lowest BCUT2D eigenvalue weighted by atomic mass is 9.97. The topological polar surface area (TPSA) is 63.6 Å². The van der Waals surface area contributed by atoms with Crippen LogP contribution in [0.4, 0.5) is 26.3 Å². The molecule has 20 heavy (non-hydrogen) atoms. The second-order valence-electron chi connectivity index (χ2n) is 3.96. The van der Waals surface area contributed by atoms with Gasteiger partial charge in [0.15, 0.2) is 0 Å². The lowest BCUT2D eigenvalue weighted by Crippen LogP contribution is -2.60. The molecule has 0 fully saturated rings. The van der Waals surface area contributed by atoms with Gasteiger partial charge in [-0.3, -0.25) is 0 Å². The number of carboxylic acids is 1. The number of hydrogen-bond acceptors (Lipinski definition) is 3. The highest BCUT2D eigenvalue weighted by atomic mass is 19.4. The number of ether oxygens (including phenoxy) is 1. The Morgan fingerprint density at radius 2 is 1.50 bits per heavy atom. The minimum atomic E-state index is -6.20. The van der Waals surface area contributed by atoms with E-state index in [1.54, 1.807) is 0 Å². The summed E-state index contributed by atoms with van der Waals surface area (Å²) in [5.41, 5.74) is 0. The highest BCUT2D eigenvalue weighted by molar-refractivity contribution is 5.90. The molecule has 0 aliphatic carbocycles. The van der Waals surface area contributed by atoms with Crippen molar-refractivity contribution in [1.29, 1.82) is 0 Å². The third-order valence-electron chi connectivity index (χ3n) is 2.12. The van der Waals surface area contributed by atoms with Crippen molar-refractivity contribution in [3.8, 4) is 0 Å². The van der Waals surface area contributed by atoms with Crippen LogP contribution in [0.15, 0.2) is 12.2 Å². The molecule has 0 aromatic carbocycles. The maximum Gasteiger partial charge on any atom is 0.467 e. The van der Waals surface area contributed by atoms with Crippen molar-refractivity contribution in [2.75, 3.05) is 0 Å². The molecule has 0 aliphatic heterocycles. The van der Waals surface area contributed by atoms with Crippen LogP contribution < -0.4 is 0 Å². The van der Waals surface area contributed by atoms with Gasteiger partial charge in [-0.15, -0.1) is 0 Å². The second-order valence-corrected chi connectivity index (χ2v) is 3.96. The molecule has 1 atom stereocenters. The first kappa shape index (κ1) is 18.3. The zero-order chi connectivity index (χ0) is 16.4. The van der Waals surface area contributed by atoms with E-state index in [9.17, 15) is 35.9 Å². The zero-order valence-corrected chi connectivity index (χ0v) is 10.2. The molecule has 0 radical (unpaired) electrons. The minimum Gasteiger partial charge on any atom is -0.478 e. The summed E-state index contributed by atoms with van der Waals surface area (Å²) in [5, 5.41) is 8.11. The molecule has 4 nitrogen and oxygen atoms in total. The minimum absolute atomic E-state index is 0.0205. The molecule has 0 aromatic rings. The van der Waals surface area contributed by atoms with Gasteiger partial charge in [-0.05, 0) is 0 Å². The SMILES string of the molecule is CC(C)C(F)(F)C(F)(OC(=O)C=CC(=O)O)C(F)(F)F. The molecule has 0 amide bonds. The molecule has 0 aromatic heterocycles. The third-order valence-corrected chi connectivity index (χ3v) is 2.12. The molecule has 0 saturated heterocycles. The fourth-order valence-electron chi connectivity index (χ4n) is 0.998. The van der Waals surface area contributed by atoms with Crippen molar-refractivity contribution >= 4 is 11.9 Å². The molecule has 0 rings (SSSR count). The van der Waals surface area contributed by atoms with Crippen LogP contribution in [-0.2, 0) is 14.3 Å². The Labute approximate surface area is 109 Å². The Morgan fingerprint density at radius 3 is 1.80 bits per heavy atom. The summed E-state index contributed by atoms with van der Waals surface area (Å²) in [4.78, 5) is 20.8. The Hall–Kier alpha value is -1.74. The quantitative estimate of drug-likeness (QED) is 0.482. The van der Waals surface area contributed by atoms with E-state index in [1.807, 2.05) is 0 Å². The normalized spacial score (nSPS) is 16.2. The second kappa shape index (κ2) is 5.71. The Balaban J connectivity index is 5.51. The van der Waals surface area contributed by atoms with Gasteiger partial charge in [0.2, 0.25) is 0 Å². The van der Waals surface area contributed by atoms with Gasteiger partial charge in [-0.25, -0.2) is 9.59 Å². The highest BCUT2D eigenvalue weighted by Crippen LogP contribution is 2.49. The number of alkyl halides is 6.